The number of piperidine rings is 1. The van der Waals surface area contributed by atoms with Crippen LogP contribution >= 0.6 is 0 Å². The summed E-state index contributed by atoms with van der Waals surface area (Å²) in [7, 11) is 0. The normalized spacial score (nSPS) is 15.6. The van der Waals surface area contributed by atoms with E-state index in [0.717, 1.165) is 31.5 Å². The molecule has 0 unspecified atom stereocenters. The van der Waals surface area contributed by atoms with Crippen molar-refractivity contribution in [2.75, 3.05) is 23.7 Å². The number of anilines is 2. The van der Waals surface area contributed by atoms with Gasteiger partial charge in [0, 0.05) is 36.1 Å². The summed E-state index contributed by atoms with van der Waals surface area (Å²) in [6.07, 6.45) is 1.91. The third-order valence-corrected chi connectivity index (χ3v) is 5.43. The van der Waals surface area contributed by atoms with Crippen molar-refractivity contribution >= 4 is 17.3 Å². The van der Waals surface area contributed by atoms with E-state index in [0.29, 0.717) is 11.3 Å². The average Bonchev–Trinajstić information content (AvgIpc) is 2.63. The summed E-state index contributed by atoms with van der Waals surface area (Å²) in [5, 5.41) is 3.18. The number of aryl methyl sites for hydroxylation is 1. The molecule has 27 heavy (non-hydrogen) atoms. The van der Waals surface area contributed by atoms with Crippen LogP contribution in [0, 0.1) is 6.92 Å². The molecular weight excluding hydrogens is 334 g/mol. The number of carbonyl (C=O) groups excluding carboxylic acids is 1. The third kappa shape index (κ3) is 4.62. The zero-order chi connectivity index (χ0) is 19.6. The van der Waals surface area contributed by atoms with E-state index in [1.165, 1.54) is 11.3 Å². The summed E-state index contributed by atoms with van der Waals surface area (Å²) < 4.78 is 0. The Labute approximate surface area is 162 Å². The third-order valence-electron chi connectivity index (χ3n) is 5.43. The van der Waals surface area contributed by atoms with Crippen LogP contribution in [-0.4, -0.2) is 25.0 Å². The minimum Gasteiger partial charge on any atom is -0.399 e. The lowest BCUT2D eigenvalue weighted by Gasteiger charge is -2.34. The standard InChI is InChI=1S/C23H31N3O/c1-16-5-8-18(24)15-21(16)22(27)25-19-11-13-26(14-12-19)20-9-6-17(7-10-20)23(2,3)4/h5-10,15,19H,11-14,24H2,1-4H3,(H,25,27). The van der Waals surface area contributed by atoms with Crippen LogP contribution < -0.4 is 16.0 Å². The minimum absolute atomic E-state index is 0.0206. The smallest absolute Gasteiger partial charge is 0.251 e. The Kier molecular flexibility index (Phi) is 5.45. The van der Waals surface area contributed by atoms with E-state index in [4.69, 9.17) is 5.73 Å². The zero-order valence-corrected chi connectivity index (χ0v) is 16.9. The molecule has 0 saturated carbocycles. The van der Waals surface area contributed by atoms with Gasteiger partial charge >= 0.3 is 0 Å². The lowest BCUT2D eigenvalue weighted by Crippen LogP contribution is -2.44. The lowest BCUT2D eigenvalue weighted by molar-refractivity contribution is 0.0930. The first-order valence-electron chi connectivity index (χ1n) is 9.76. The van der Waals surface area contributed by atoms with Crippen molar-refractivity contribution in [2.45, 2.75) is 52.0 Å². The van der Waals surface area contributed by atoms with Crippen molar-refractivity contribution in [1.82, 2.24) is 5.32 Å². The second-order valence-electron chi connectivity index (χ2n) is 8.61. The highest BCUT2D eigenvalue weighted by Crippen LogP contribution is 2.26. The fourth-order valence-corrected chi connectivity index (χ4v) is 3.60. The molecular formula is C23H31N3O. The highest BCUT2D eigenvalue weighted by molar-refractivity contribution is 5.96. The largest absolute Gasteiger partial charge is 0.399 e. The fourth-order valence-electron chi connectivity index (χ4n) is 3.60. The van der Waals surface area contributed by atoms with Gasteiger partial charge in [0.1, 0.15) is 0 Å². The molecule has 3 N–H and O–H groups in total. The highest BCUT2D eigenvalue weighted by atomic mass is 16.1. The molecule has 0 aliphatic carbocycles. The molecule has 0 radical (unpaired) electrons. The van der Waals surface area contributed by atoms with E-state index >= 15 is 0 Å². The number of hydrogen-bond acceptors (Lipinski definition) is 3. The van der Waals surface area contributed by atoms with Crippen molar-refractivity contribution in [3.8, 4) is 0 Å². The number of nitrogens with two attached hydrogens (primary N) is 1. The molecule has 0 bridgehead atoms. The van der Waals surface area contributed by atoms with E-state index in [2.05, 4.69) is 55.3 Å². The highest BCUT2D eigenvalue weighted by Gasteiger charge is 2.22. The number of rotatable bonds is 3. The van der Waals surface area contributed by atoms with Crippen molar-refractivity contribution in [2.24, 2.45) is 0 Å². The molecule has 1 amide bonds. The van der Waals surface area contributed by atoms with Crippen LogP contribution in [0.25, 0.3) is 0 Å². The molecule has 2 aromatic rings. The molecule has 1 aliphatic rings. The number of nitrogens with one attached hydrogen (secondary N) is 1. The van der Waals surface area contributed by atoms with Crippen molar-refractivity contribution in [3.05, 3.63) is 59.2 Å². The molecule has 4 nitrogen and oxygen atoms in total. The molecule has 144 valence electrons. The van der Waals surface area contributed by atoms with Gasteiger partial charge in [0.15, 0.2) is 0 Å². The molecule has 0 aromatic heterocycles. The van der Waals surface area contributed by atoms with Gasteiger partial charge in [-0.15, -0.1) is 0 Å². The monoisotopic (exact) mass is 365 g/mol. The van der Waals surface area contributed by atoms with Gasteiger partial charge in [-0.25, -0.2) is 0 Å². The van der Waals surface area contributed by atoms with Crippen LogP contribution in [-0.2, 0) is 5.41 Å². The molecule has 0 atom stereocenters. The Morgan fingerprint density at radius 2 is 1.70 bits per heavy atom. The molecule has 1 saturated heterocycles. The topological polar surface area (TPSA) is 58.4 Å². The first kappa shape index (κ1) is 19.3. The van der Waals surface area contributed by atoms with Gasteiger partial charge in [0.2, 0.25) is 0 Å². The second kappa shape index (κ2) is 7.63. The van der Waals surface area contributed by atoms with Crippen LogP contribution in [0.3, 0.4) is 0 Å². The van der Waals surface area contributed by atoms with Crippen molar-refractivity contribution in [1.29, 1.82) is 0 Å². The molecule has 1 heterocycles. The van der Waals surface area contributed by atoms with Crippen molar-refractivity contribution < 1.29 is 4.79 Å². The molecule has 0 spiro atoms. The quantitative estimate of drug-likeness (QED) is 0.799. The zero-order valence-electron chi connectivity index (χ0n) is 16.9. The molecule has 4 heteroatoms. The molecule has 1 aliphatic heterocycles. The van der Waals surface area contributed by atoms with E-state index < -0.39 is 0 Å². The number of hydrogen-bond donors (Lipinski definition) is 2. The number of nitrogen functional groups attached to an aromatic ring is 1. The summed E-state index contributed by atoms with van der Waals surface area (Å²) in [4.78, 5) is 15.0. The Hall–Kier alpha value is -2.49. The Morgan fingerprint density at radius 3 is 2.30 bits per heavy atom. The predicted molar refractivity (Wildman–Crippen MR) is 113 cm³/mol. The van der Waals surface area contributed by atoms with Crippen LogP contribution in [0.2, 0.25) is 0 Å². The van der Waals surface area contributed by atoms with E-state index in [1.807, 2.05) is 19.1 Å². The van der Waals surface area contributed by atoms with Gasteiger partial charge in [0.25, 0.3) is 5.91 Å². The van der Waals surface area contributed by atoms with Gasteiger partial charge in [-0.3, -0.25) is 4.79 Å². The van der Waals surface area contributed by atoms with Gasteiger partial charge in [-0.1, -0.05) is 39.0 Å². The SMILES string of the molecule is Cc1ccc(N)cc1C(=O)NC1CCN(c2ccc(C(C)(C)C)cc2)CC1. The molecule has 3 rings (SSSR count). The first-order valence-corrected chi connectivity index (χ1v) is 9.76. The van der Waals surface area contributed by atoms with Crippen LogP contribution in [0.1, 0.15) is 55.1 Å². The average molecular weight is 366 g/mol. The number of benzene rings is 2. The predicted octanol–water partition coefficient (Wildman–Crippen LogP) is 4.27. The summed E-state index contributed by atoms with van der Waals surface area (Å²) in [6, 6.07) is 14.6. The number of nitrogens with zero attached hydrogens (tertiary/aromatic N) is 1. The maximum Gasteiger partial charge on any atom is 0.251 e. The Balaban J connectivity index is 1.57. The van der Waals surface area contributed by atoms with Crippen LogP contribution in [0.4, 0.5) is 11.4 Å². The number of amides is 1. The van der Waals surface area contributed by atoms with Gasteiger partial charge < -0.3 is 16.0 Å². The Bertz CT molecular complexity index is 797. The maximum absolute atomic E-state index is 12.6. The number of carbonyl (C=O) groups is 1. The second-order valence-corrected chi connectivity index (χ2v) is 8.61. The molecule has 2 aromatic carbocycles. The fraction of sp³-hybridized carbons (Fsp3) is 0.435. The Morgan fingerprint density at radius 1 is 1.07 bits per heavy atom. The van der Waals surface area contributed by atoms with Gasteiger partial charge in [0.05, 0.1) is 0 Å². The van der Waals surface area contributed by atoms with Gasteiger partial charge in [-0.05, 0) is 60.6 Å². The minimum atomic E-state index is -0.0206. The first-order chi connectivity index (χ1) is 12.7. The van der Waals surface area contributed by atoms with E-state index in [-0.39, 0.29) is 17.4 Å². The van der Waals surface area contributed by atoms with Crippen LogP contribution in [0.5, 0.6) is 0 Å². The van der Waals surface area contributed by atoms with Crippen molar-refractivity contribution in [3.63, 3.8) is 0 Å². The molecule has 1 fully saturated rings. The maximum atomic E-state index is 12.6. The van der Waals surface area contributed by atoms with Crippen LogP contribution in [0.15, 0.2) is 42.5 Å². The summed E-state index contributed by atoms with van der Waals surface area (Å²) in [5.74, 6) is -0.0206. The lowest BCUT2D eigenvalue weighted by atomic mass is 9.87. The van der Waals surface area contributed by atoms with E-state index in [1.54, 1.807) is 6.07 Å². The van der Waals surface area contributed by atoms with Gasteiger partial charge in [-0.2, -0.15) is 0 Å². The summed E-state index contributed by atoms with van der Waals surface area (Å²) in [5.41, 5.74) is 10.9. The van der Waals surface area contributed by atoms with E-state index in [9.17, 15) is 4.79 Å². The summed E-state index contributed by atoms with van der Waals surface area (Å²) >= 11 is 0. The summed E-state index contributed by atoms with van der Waals surface area (Å²) in [6.45, 7) is 10.6.